The molecule has 18 heavy (non-hydrogen) atoms. The fourth-order valence-electron chi connectivity index (χ4n) is 1.85. The van der Waals surface area contributed by atoms with Crippen LogP contribution in [-0.4, -0.2) is 23.5 Å². The molecule has 0 amide bonds. The zero-order chi connectivity index (χ0) is 13.7. The van der Waals surface area contributed by atoms with E-state index in [9.17, 15) is 4.39 Å². The molecule has 0 bridgehead atoms. The van der Waals surface area contributed by atoms with Crippen molar-refractivity contribution in [2.75, 3.05) is 13.6 Å². The highest BCUT2D eigenvalue weighted by atomic mass is 32.1. The molecule has 0 fully saturated rings. The summed E-state index contributed by atoms with van der Waals surface area (Å²) in [6.45, 7) is 5.93. The highest BCUT2D eigenvalue weighted by molar-refractivity contribution is 7.80. The molecule has 0 aliphatic carbocycles. The van der Waals surface area contributed by atoms with Crippen molar-refractivity contribution in [1.82, 2.24) is 4.90 Å². The minimum absolute atomic E-state index is 0.230. The van der Waals surface area contributed by atoms with Crippen LogP contribution in [0, 0.1) is 11.7 Å². The van der Waals surface area contributed by atoms with Crippen molar-refractivity contribution in [1.29, 1.82) is 0 Å². The number of thiocarbonyl (C=S) groups is 1. The second-order valence-corrected chi connectivity index (χ2v) is 5.32. The first-order chi connectivity index (χ1) is 8.43. The lowest BCUT2D eigenvalue weighted by atomic mass is 10.1. The van der Waals surface area contributed by atoms with Gasteiger partial charge < -0.3 is 10.6 Å². The number of hydrogen-bond donors (Lipinski definition) is 1. The van der Waals surface area contributed by atoms with Crippen molar-refractivity contribution in [3.63, 3.8) is 0 Å². The summed E-state index contributed by atoms with van der Waals surface area (Å²) < 4.78 is 13.8. The maximum atomic E-state index is 13.8. The van der Waals surface area contributed by atoms with Gasteiger partial charge >= 0.3 is 0 Å². The Morgan fingerprint density at radius 3 is 2.67 bits per heavy atom. The average Bonchev–Trinajstić information content (AvgIpc) is 2.31. The molecule has 0 saturated carbocycles. The third-order valence-corrected chi connectivity index (χ3v) is 3.33. The fourth-order valence-corrected chi connectivity index (χ4v) is 1.97. The molecule has 0 saturated heterocycles. The van der Waals surface area contributed by atoms with E-state index in [1.807, 2.05) is 7.05 Å². The molecule has 2 nitrogen and oxygen atoms in total. The van der Waals surface area contributed by atoms with Gasteiger partial charge in [0.1, 0.15) is 10.8 Å². The van der Waals surface area contributed by atoms with Gasteiger partial charge in [-0.1, -0.05) is 44.6 Å². The summed E-state index contributed by atoms with van der Waals surface area (Å²) in [7, 11) is 2.01. The number of halogens is 1. The van der Waals surface area contributed by atoms with E-state index in [2.05, 4.69) is 18.7 Å². The summed E-state index contributed by atoms with van der Waals surface area (Å²) >= 11 is 4.83. The van der Waals surface area contributed by atoms with Gasteiger partial charge in [-0.15, -0.1) is 0 Å². The quantitative estimate of drug-likeness (QED) is 0.804. The zero-order valence-electron chi connectivity index (χ0n) is 11.2. The summed E-state index contributed by atoms with van der Waals surface area (Å²) in [5, 5.41) is 0. The van der Waals surface area contributed by atoms with E-state index in [0.29, 0.717) is 23.6 Å². The first-order valence-corrected chi connectivity index (χ1v) is 6.61. The van der Waals surface area contributed by atoms with Crippen molar-refractivity contribution in [3.8, 4) is 0 Å². The molecule has 1 aromatic carbocycles. The molecule has 0 aliphatic heterocycles. The van der Waals surface area contributed by atoms with E-state index in [-0.39, 0.29) is 10.8 Å². The molecule has 0 heterocycles. The monoisotopic (exact) mass is 268 g/mol. The van der Waals surface area contributed by atoms with Crippen LogP contribution in [0.3, 0.4) is 0 Å². The maximum Gasteiger partial charge on any atom is 0.128 e. The van der Waals surface area contributed by atoms with Crippen molar-refractivity contribution < 1.29 is 4.39 Å². The van der Waals surface area contributed by atoms with Crippen LogP contribution in [0.15, 0.2) is 18.2 Å². The van der Waals surface area contributed by atoms with E-state index >= 15 is 0 Å². The Balaban J connectivity index is 2.70. The first kappa shape index (κ1) is 15.1. The van der Waals surface area contributed by atoms with Gasteiger partial charge in [0, 0.05) is 24.2 Å². The minimum Gasteiger partial charge on any atom is -0.389 e. The molecule has 1 rings (SSSR count). The van der Waals surface area contributed by atoms with Crippen molar-refractivity contribution in [2.24, 2.45) is 11.7 Å². The van der Waals surface area contributed by atoms with E-state index in [1.54, 1.807) is 12.1 Å². The molecular weight excluding hydrogens is 247 g/mol. The summed E-state index contributed by atoms with van der Waals surface area (Å²) in [5.74, 6) is 0.380. The van der Waals surface area contributed by atoms with Crippen LogP contribution in [0.5, 0.6) is 0 Å². The Bertz CT molecular complexity index is 420. The summed E-state index contributed by atoms with van der Waals surface area (Å²) in [6, 6.07) is 4.95. The van der Waals surface area contributed by atoms with E-state index in [1.165, 1.54) is 6.07 Å². The van der Waals surface area contributed by atoms with Crippen LogP contribution >= 0.6 is 12.2 Å². The predicted molar refractivity (Wildman–Crippen MR) is 78.1 cm³/mol. The maximum absolute atomic E-state index is 13.8. The lowest BCUT2D eigenvalue weighted by molar-refractivity contribution is 0.272. The normalized spacial score (nSPS) is 12.7. The highest BCUT2D eigenvalue weighted by Crippen LogP contribution is 2.13. The molecule has 1 unspecified atom stereocenters. The van der Waals surface area contributed by atoms with Crippen LogP contribution in [0.2, 0.25) is 0 Å². The number of benzene rings is 1. The zero-order valence-corrected chi connectivity index (χ0v) is 12.1. The Morgan fingerprint density at radius 2 is 2.17 bits per heavy atom. The first-order valence-electron chi connectivity index (χ1n) is 6.20. The SMILES string of the molecule is CCC(C)CN(C)Cc1ccc(C(N)=S)cc1F. The number of nitrogens with zero attached hydrogens (tertiary/aromatic N) is 1. The lowest BCUT2D eigenvalue weighted by Crippen LogP contribution is -2.24. The standard InChI is InChI=1S/C14H21FN2S/c1-4-10(2)8-17(3)9-12-6-5-11(14(16)18)7-13(12)15/h5-7,10H,4,8-9H2,1-3H3,(H2,16,18). The van der Waals surface area contributed by atoms with Crippen LogP contribution < -0.4 is 5.73 Å². The van der Waals surface area contributed by atoms with E-state index < -0.39 is 0 Å². The van der Waals surface area contributed by atoms with Gasteiger partial charge in [0.05, 0.1) is 0 Å². The second-order valence-electron chi connectivity index (χ2n) is 4.88. The van der Waals surface area contributed by atoms with E-state index in [0.717, 1.165) is 13.0 Å². The van der Waals surface area contributed by atoms with Crippen LogP contribution in [-0.2, 0) is 6.54 Å². The van der Waals surface area contributed by atoms with Crippen LogP contribution in [0.1, 0.15) is 31.4 Å². The molecule has 1 aromatic rings. The van der Waals surface area contributed by atoms with Crippen molar-refractivity contribution in [3.05, 3.63) is 35.1 Å². The third kappa shape index (κ3) is 4.35. The summed E-state index contributed by atoms with van der Waals surface area (Å²) in [4.78, 5) is 2.36. The summed E-state index contributed by atoms with van der Waals surface area (Å²) in [6.07, 6.45) is 1.13. The van der Waals surface area contributed by atoms with Gasteiger partial charge in [-0.3, -0.25) is 0 Å². The molecule has 0 radical (unpaired) electrons. The van der Waals surface area contributed by atoms with Crippen molar-refractivity contribution in [2.45, 2.75) is 26.8 Å². The number of hydrogen-bond acceptors (Lipinski definition) is 2. The van der Waals surface area contributed by atoms with Gasteiger partial charge in [-0.25, -0.2) is 4.39 Å². The molecule has 4 heteroatoms. The van der Waals surface area contributed by atoms with Gasteiger partial charge in [0.2, 0.25) is 0 Å². The van der Waals surface area contributed by atoms with Crippen LogP contribution in [0.25, 0.3) is 0 Å². The Hall–Kier alpha value is -1.00. The molecule has 0 aliphatic rings. The highest BCUT2D eigenvalue weighted by Gasteiger charge is 2.09. The predicted octanol–water partition coefficient (Wildman–Crippen LogP) is 2.94. The minimum atomic E-state index is -0.240. The Labute approximate surface area is 114 Å². The van der Waals surface area contributed by atoms with E-state index in [4.69, 9.17) is 18.0 Å². The van der Waals surface area contributed by atoms with Gasteiger partial charge in [0.25, 0.3) is 0 Å². The Morgan fingerprint density at radius 1 is 1.50 bits per heavy atom. The molecule has 100 valence electrons. The molecule has 2 N–H and O–H groups in total. The second kappa shape index (κ2) is 6.81. The Kier molecular flexibility index (Phi) is 5.69. The van der Waals surface area contributed by atoms with Crippen molar-refractivity contribution >= 4 is 17.2 Å². The largest absolute Gasteiger partial charge is 0.389 e. The molecule has 0 aromatic heterocycles. The summed E-state index contributed by atoms with van der Waals surface area (Å²) in [5.41, 5.74) is 6.73. The van der Waals surface area contributed by atoms with Gasteiger partial charge in [0.15, 0.2) is 0 Å². The molecule has 1 atom stereocenters. The molecule has 0 spiro atoms. The third-order valence-electron chi connectivity index (χ3n) is 3.10. The average molecular weight is 268 g/mol. The van der Waals surface area contributed by atoms with Gasteiger partial charge in [-0.05, 0) is 19.0 Å². The smallest absolute Gasteiger partial charge is 0.128 e. The number of nitrogens with two attached hydrogens (primary N) is 1. The number of rotatable bonds is 6. The lowest BCUT2D eigenvalue weighted by Gasteiger charge is -2.20. The molecular formula is C14H21FN2S. The topological polar surface area (TPSA) is 29.3 Å². The van der Waals surface area contributed by atoms with Crippen LogP contribution in [0.4, 0.5) is 4.39 Å². The fraction of sp³-hybridized carbons (Fsp3) is 0.500. The van der Waals surface area contributed by atoms with Gasteiger partial charge in [-0.2, -0.15) is 0 Å².